The van der Waals surface area contributed by atoms with E-state index in [0.717, 1.165) is 18.2 Å². The summed E-state index contributed by atoms with van der Waals surface area (Å²) in [5.41, 5.74) is 2.43. The minimum absolute atomic E-state index is 0.00882. The molecule has 4 aromatic rings. The lowest BCUT2D eigenvalue weighted by atomic mass is 9.89. The molecule has 2 atom stereocenters. The van der Waals surface area contributed by atoms with Crippen molar-refractivity contribution in [1.82, 2.24) is 15.3 Å². The van der Waals surface area contributed by atoms with E-state index in [-0.39, 0.29) is 29.1 Å². The molecule has 5 N–H and O–H groups in total. The van der Waals surface area contributed by atoms with E-state index in [2.05, 4.69) is 20.6 Å². The molecule has 0 radical (unpaired) electrons. The summed E-state index contributed by atoms with van der Waals surface area (Å²) < 4.78 is 62.5. The molecule has 0 spiro atoms. The van der Waals surface area contributed by atoms with Gasteiger partial charge in [0.15, 0.2) is 0 Å². The van der Waals surface area contributed by atoms with Crippen molar-refractivity contribution in [2.45, 2.75) is 24.2 Å². The molecule has 3 heterocycles. The Kier molecular flexibility index (Phi) is 6.63. The number of fused-ring (bicyclic) bond motifs is 2. The third-order valence-electron chi connectivity index (χ3n) is 6.93. The number of amides is 1. The Bertz CT molecular complexity index is 1610. The summed E-state index contributed by atoms with van der Waals surface area (Å²) in [6.45, 7) is 0.577. The van der Waals surface area contributed by atoms with Gasteiger partial charge >= 0.3 is 6.18 Å². The smallest absolute Gasteiger partial charge is 0.424 e. The number of hydrogen-bond donors (Lipinski definition) is 4. The number of benzene rings is 2. The fraction of sp³-hybridized carbons (Fsp3) is 0.250. The number of ether oxygens (including phenoxy) is 1. The molecule has 1 amide bonds. The number of rotatable bonds is 6. The fourth-order valence-electron chi connectivity index (χ4n) is 4.66. The zero-order valence-electron chi connectivity index (χ0n) is 21.4. The van der Waals surface area contributed by atoms with Crippen LogP contribution in [-0.2, 0) is 11.1 Å². The maximum atomic E-state index is 14.5. The number of aliphatic hydroxyl groups is 1. The molecule has 1 unspecified atom stereocenters. The number of methoxy groups -OCH3 is 1. The molecule has 0 fully saturated rings. The highest BCUT2D eigenvalue weighted by molar-refractivity contribution is 5.99. The van der Waals surface area contributed by atoms with Gasteiger partial charge < -0.3 is 26.2 Å². The number of anilines is 1. The zero-order valence-corrected chi connectivity index (χ0v) is 21.4. The number of carbonyl (C=O) groups excluding carboxylic acids is 1. The molecule has 12 heteroatoms. The Hall–Kier alpha value is -4.29. The Morgan fingerprint density at radius 2 is 1.93 bits per heavy atom. The van der Waals surface area contributed by atoms with Gasteiger partial charge in [-0.25, -0.2) is 9.37 Å². The van der Waals surface area contributed by atoms with Crippen LogP contribution in [0.2, 0.25) is 0 Å². The minimum Gasteiger partial charge on any atom is -0.494 e. The normalized spacial score (nSPS) is 18.1. The second kappa shape index (κ2) is 9.72. The van der Waals surface area contributed by atoms with Gasteiger partial charge in [0.2, 0.25) is 5.60 Å². The van der Waals surface area contributed by atoms with Gasteiger partial charge in [-0.3, -0.25) is 9.78 Å². The predicted molar refractivity (Wildman–Crippen MR) is 140 cm³/mol. The summed E-state index contributed by atoms with van der Waals surface area (Å²) in [6.07, 6.45) is -3.71. The van der Waals surface area contributed by atoms with E-state index in [1.807, 2.05) is 0 Å². The van der Waals surface area contributed by atoms with Crippen molar-refractivity contribution < 1.29 is 32.2 Å². The summed E-state index contributed by atoms with van der Waals surface area (Å²) in [5, 5.41) is 16.9. The maximum absolute atomic E-state index is 14.5. The lowest BCUT2D eigenvalue weighted by Crippen LogP contribution is -2.51. The summed E-state index contributed by atoms with van der Waals surface area (Å²) in [6, 6.07) is 12.2. The molecule has 1 aliphatic rings. The van der Waals surface area contributed by atoms with Crippen LogP contribution >= 0.6 is 0 Å². The Balaban J connectivity index is 1.56. The van der Waals surface area contributed by atoms with Gasteiger partial charge in [0, 0.05) is 34.8 Å². The van der Waals surface area contributed by atoms with Crippen molar-refractivity contribution in [1.29, 1.82) is 0 Å². The number of nitrogens with two attached hydrogens (primary N) is 1. The van der Waals surface area contributed by atoms with E-state index in [1.165, 1.54) is 31.4 Å². The average molecular weight is 556 g/mol. The van der Waals surface area contributed by atoms with Crippen LogP contribution in [0.15, 0.2) is 60.8 Å². The average Bonchev–Trinajstić information content (AvgIpc) is 3.24. The number of nitrogens with one attached hydrogen (secondary N) is 2. The van der Waals surface area contributed by atoms with Crippen LogP contribution in [0.3, 0.4) is 0 Å². The quantitative estimate of drug-likeness (QED) is 0.263. The molecule has 1 aliphatic heterocycles. The molecule has 0 bridgehead atoms. The van der Waals surface area contributed by atoms with Crippen LogP contribution in [0.4, 0.5) is 23.2 Å². The van der Waals surface area contributed by atoms with Gasteiger partial charge in [0.1, 0.15) is 17.1 Å². The largest absolute Gasteiger partial charge is 0.494 e. The number of aromatic nitrogens is 2. The van der Waals surface area contributed by atoms with Crippen molar-refractivity contribution in [3.8, 4) is 17.0 Å². The molecule has 0 saturated heterocycles. The molecular formula is C28H25F4N5O3. The molecule has 0 aliphatic carbocycles. The van der Waals surface area contributed by atoms with Crippen molar-refractivity contribution in [2.75, 3.05) is 25.5 Å². The van der Waals surface area contributed by atoms with Gasteiger partial charge in [-0.05, 0) is 55.5 Å². The number of carbonyl (C=O) groups is 1. The standard InChI is InChI=1S/C28H25F4N5O3/c1-26(33)13-35-24-19(26)12-21(37-23(24)15-5-7-18(29)8-6-15)27(39,28(30,31)32)14-36-25(38)17-10-16-4-3-9-34-22(16)20(11-17)40-2/h3-12,35,39H,13-14,33H2,1-2H3,(H,36,38)/t26-,27?/m1/s1. The van der Waals surface area contributed by atoms with E-state index in [4.69, 9.17) is 10.5 Å². The van der Waals surface area contributed by atoms with Crippen LogP contribution in [-0.4, -0.2) is 47.4 Å². The van der Waals surface area contributed by atoms with E-state index in [1.54, 1.807) is 25.3 Å². The van der Waals surface area contributed by atoms with Crippen LogP contribution in [0.1, 0.15) is 28.5 Å². The van der Waals surface area contributed by atoms with Crippen LogP contribution in [0.25, 0.3) is 22.2 Å². The minimum atomic E-state index is -5.25. The van der Waals surface area contributed by atoms with Crippen molar-refractivity contribution in [3.63, 3.8) is 0 Å². The zero-order chi connectivity index (χ0) is 28.9. The van der Waals surface area contributed by atoms with Gasteiger partial charge in [-0.1, -0.05) is 6.07 Å². The van der Waals surface area contributed by atoms with Gasteiger partial charge in [0.05, 0.1) is 36.3 Å². The lowest BCUT2D eigenvalue weighted by molar-refractivity contribution is -0.265. The maximum Gasteiger partial charge on any atom is 0.424 e. The summed E-state index contributed by atoms with van der Waals surface area (Å²) in [4.78, 5) is 21.4. The van der Waals surface area contributed by atoms with Crippen molar-refractivity contribution in [3.05, 3.63) is 83.4 Å². The van der Waals surface area contributed by atoms with Gasteiger partial charge in [0.25, 0.3) is 5.91 Å². The fourth-order valence-corrected chi connectivity index (χ4v) is 4.66. The SMILES string of the molecule is COc1cc(C(=O)NCC(O)(c2cc3c(c(-c4ccc(F)cc4)n2)NC[C@@]3(C)N)C(F)(F)F)cc2cccnc12. The summed E-state index contributed by atoms with van der Waals surface area (Å²) >= 11 is 0. The number of alkyl halides is 3. The molecule has 8 nitrogen and oxygen atoms in total. The number of nitrogens with zero attached hydrogens (tertiary/aromatic N) is 2. The van der Waals surface area contributed by atoms with Crippen LogP contribution in [0, 0.1) is 5.82 Å². The number of hydrogen-bond acceptors (Lipinski definition) is 7. The number of pyridine rings is 2. The lowest BCUT2D eigenvalue weighted by Gasteiger charge is -2.31. The van der Waals surface area contributed by atoms with Crippen molar-refractivity contribution >= 4 is 22.5 Å². The van der Waals surface area contributed by atoms with E-state index in [9.17, 15) is 27.5 Å². The van der Waals surface area contributed by atoms with E-state index >= 15 is 0 Å². The molecule has 40 heavy (non-hydrogen) atoms. The second-order valence-electron chi connectivity index (χ2n) is 9.85. The topological polar surface area (TPSA) is 122 Å². The first-order valence-corrected chi connectivity index (χ1v) is 12.2. The van der Waals surface area contributed by atoms with Crippen LogP contribution < -0.4 is 21.1 Å². The molecule has 208 valence electrons. The highest BCUT2D eigenvalue weighted by atomic mass is 19.4. The molecule has 0 saturated carbocycles. The van der Waals surface area contributed by atoms with E-state index in [0.29, 0.717) is 22.2 Å². The highest BCUT2D eigenvalue weighted by Gasteiger charge is 2.57. The summed E-state index contributed by atoms with van der Waals surface area (Å²) in [7, 11) is 1.38. The monoisotopic (exact) mass is 555 g/mol. The van der Waals surface area contributed by atoms with Crippen molar-refractivity contribution in [2.24, 2.45) is 5.73 Å². The van der Waals surface area contributed by atoms with Gasteiger partial charge in [-0.15, -0.1) is 0 Å². The second-order valence-corrected chi connectivity index (χ2v) is 9.85. The third-order valence-corrected chi connectivity index (χ3v) is 6.93. The first kappa shape index (κ1) is 27.3. The first-order chi connectivity index (χ1) is 18.8. The molecular weight excluding hydrogens is 530 g/mol. The Morgan fingerprint density at radius 1 is 1.20 bits per heavy atom. The number of halogens is 4. The van der Waals surface area contributed by atoms with Gasteiger partial charge in [-0.2, -0.15) is 13.2 Å². The van der Waals surface area contributed by atoms with E-state index < -0.39 is 41.3 Å². The molecule has 5 rings (SSSR count). The predicted octanol–water partition coefficient (Wildman–Crippen LogP) is 4.22. The first-order valence-electron chi connectivity index (χ1n) is 12.2. The molecule has 2 aromatic carbocycles. The molecule has 2 aromatic heterocycles. The highest BCUT2D eigenvalue weighted by Crippen LogP contribution is 2.45. The Morgan fingerprint density at radius 3 is 2.60 bits per heavy atom. The summed E-state index contributed by atoms with van der Waals surface area (Å²) in [5.74, 6) is -1.16. The Labute approximate surface area is 226 Å². The van der Waals surface area contributed by atoms with Crippen LogP contribution in [0.5, 0.6) is 5.75 Å². The third kappa shape index (κ3) is 4.69.